The molecule has 0 spiro atoms. The second-order valence-electron chi connectivity index (χ2n) is 8.59. The molecule has 1 fully saturated rings. The van der Waals surface area contributed by atoms with Crippen LogP contribution in [0.1, 0.15) is 21.7 Å². The van der Waals surface area contributed by atoms with Crippen molar-refractivity contribution in [1.29, 1.82) is 0 Å². The molecule has 1 saturated heterocycles. The number of β-lactam (4-membered cyclic amide) rings is 1. The molecule has 5 heterocycles. The van der Waals surface area contributed by atoms with E-state index in [0.29, 0.717) is 16.8 Å². The summed E-state index contributed by atoms with van der Waals surface area (Å²) in [5.74, 6) is -3.21. The maximum absolute atomic E-state index is 13.2. The van der Waals surface area contributed by atoms with Crippen molar-refractivity contribution in [2.75, 3.05) is 11.5 Å². The molecule has 3 amide bonds. The highest BCUT2D eigenvalue weighted by atomic mass is 35.5. The van der Waals surface area contributed by atoms with Crippen LogP contribution in [0.15, 0.2) is 58.9 Å². The maximum Gasteiger partial charge on any atom is 0.276 e. The number of nitrogens with two attached hydrogens (primary N) is 2. The average Bonchev–Trinajstić information content (AvgIpc) is 3.61. The number of nitrogen functional groups attached to an aromatic ring is 1. The van der Waals surface area contributed by atoms with Gasteiger partial charge in [-0.3, -0.25) is 19.3 Å². The zero-order chi connectivity index (χ0) is 28.4. The monoisotopic (exact) mass is 691 g/mol. The normalized spacial score (nSPS) is 17.3. The number of hydrogen-bond donors (Lipinski definition) is 4. The fraction of sp³-hybridized carbons (Fsp3) is 0.217. The van der Waals surface area contributed by atoms with E-state index in [9.17, 15) is 24.3 Å². The number of hydrogen-bond acceptors (Lipinski definition) is 12. The van der Waals surface area contributed by atoms with Crippen LogP contribution in [0, 0.1) is 0 Å². The minimum atomic E-state index is -1.51. The largest absolute Gasteiger partial charge is 0.543 e. The lowest BCUT2D eigenvalue weighted by Gasteiger charge is -2.50. The fourth-order valence-corrected chi connectivity index (χ4v) is 5.96. The van der Waals surface area contributed by atoms with Crippen LogP contribution >= 0.6 is 60.3 Å². The van der Waals surface area contributed by atoms with Crippen LogP contribution < -0.4 is 26.5 Å². The van der Waals surface area contributed by atoms with Gasteiger partial charge in [-0.15, -0.1) is 60.3 Å². The Balaban J connectivity index is 0.00000215. The molecule has 5 rings (SSSR count). The first kappa shape index (κ1) is 35.3. The van der Waals surface area contributed by atoms with E-state index in [-0.39, 0.29) is 78.4 Å². The highest BCUT2D eigenvalue weighted by Gasteiger charge is 2.53. The Labute approximate surface area is 270 Å². The van der Waals surface area contributed by atoms with Crippen molar-refractivity contribution >= 4 is 94.9 Å². The predicted molar refractivity (Wildman–Crippen MR) is 160 cm³/mol. The summed E-state index contributed by atoms with van der Waals surface area (Å²) in [4.78, 5) is 66.9. The third kappa shape index (κ3) is 7.55. The Morgan fingerprint density at radius 2 is 1.98 bits per heavy atom. The molecule has 6 N–H and O–H groups in total. The van der Waals surface area contributed by atoms with E-state index < -0.39 is 35.1 Å². The fourth-order valence-electron chi connectivity index (χ4n) is 4.08. The first-order valence-corrected chi connectivity index (χ1v) is 13.5. The third-order valence-corrected chi connectivity index (χ3v) is 8.00. The number of halogens is 3. The molecule has 2 aliphatic rings. The minimum Gasteiger partial charge on any atom is -0.543 e. The van der Waals surface area contributed by atoms with E-state index in [1.54, 1.807) is 17.0 Å². The lowest BCUT2D eigenvalue weighted by Crippen LogP contribution is -2.71. The molecule has 3 aromatic heterocycles. The molecule has 0 radical (unpaired) electrons. The summed E-state index contributed by atoms with van der Waals surface area (Å²) >= 11 is 2.39. The van der Waals surface area contributed by atoms with Crippen LogP contribution in [0.25, 0.3) is 0 Å². The molecule has 230 valence electrons. The topological polar surface area (TPSA) is 226 Å². The molecule has 43 heavy (non-hydrogen) atoms. The molecule has 2 atom stereocenters. The number of H-pyrrole nitrogens is 1. The van der Waals surface area contributed by atoms with Gasteiger partial charge in [-0.2, -0.15) is 0 Å². The second kappa shape index (κ2) is 15.0. The molecule has 0 unspecified atom stereocenters. The van der Waals surface area contributed by atoms with Crippen LogP contribution in [-0.2, 0) is 32.4 Å². The lowest BCUT2D eigenvalue weighted by molar-refractivity contribution is -0.689. The summed E-state index contributed by atoms with van der Waals surface area (Å²) in [6.45, 7) is 0.134. The molecular weight excluding hydrogens is 669 g/mol. The molecule has 0 aromatic carbocycles. The number of fused-ring (bicyclic) bond motifs is 1. The SMILES string of the molecule is Cl.Cl.Cl.NC(=O)c1cc[n+](CC2=C(C(=O)[O-])N3C(=O)[C@@H](NC(=O)C(=NOCc4cnc[nH]4)c4csc(N)n4)[C@@H]3SC2)cc1. The van der Waals surface area contributed by atoms with Gasteiger partial charge >= 0.3 is 0 Å². The Bertz CT molecular complexity index is 1550. The number of pyridine rings is 1. The van der Waals surface area contributed by atoms with Gasteiger partial charge in [-0.1, -0.05) is 5.16 Å². The Morgan fingerprint density at radius 3 is 2.56 bits per heavy atom. The number of imidazole rings is 1. The number of rotatable bonds is 10. The minimum absolute atomic E-state index is 0. The molecule has 20 heteroatoms. The summed E-state index contributed by atoms with van der Waals surface area (Å²) in [6.07, 6.45) is 6.16. The zero-order valence-corrected chi connectivity index (χ0v) is 25.8. The number of carbonyl (C=O) groups excluding carboxylic acids is 4. The first-order valence-electron chi connectivity index (χ1n) is 11.6. The number of carboxylic acids is 1. The number of thioether (sulfide) groups is 1. The average molecular weight is 693 g/mol. The number of aromatic amines is 1. The number of nitrogens with one attached hydrogen (secondary N) is 2. The lowest BCUT2D eigenvalue weighted by atomic mass is 10.0. The van der Waals surface area contributed by atoms with Gasteiger partial charge in [0.05, 0.1) is 35.4 Å². The first-order chi connectivity index (χ1) is 19.2. The van der Waals surface area contributed by atoms with Crippen molar-refractivity contribution < 1.29 is 33.7 Å². The number of nitrogens with zero attached hydrogens (tertiary/aromatic N) is 5. The number of primary amides is 1. The summed E-state index contributed by atoms with van der Waals surface area (Å²) in [7, 11) is 0. The summed E-state index contributed by atoms with van der Waals surface area (Å²) in [5, 5.41) is 19.7. The van der Waals surface area contributed by atoms with Crippen LogP contribution in [0.2, 0.25) is 0 Å². The highest BCUT2D eigenvalue weighted by molar-refractivity contribution is 8.00. The molecular formula is C23H24Cl3N9O6S2. The molecule has 0 aliphatic carbocycles. The Kier molecular flexibility index (Phi) is 12.3. The van der Waals surface area contributed by atoms with Gasteiger partial charge in [0.1, 0.15) is 17.1 Å². The van der Waals surface area contributed by atoms with Gasteiger partial charge < -0.3 is 36.5 Å². The number of anilines is 1. The van der Waals surface area contributed by atoms with Gasteiger partial charge in [0.15, 0.2) is 36.4 Å². The van der Waals surface area contributed by atoms with Gasteiger partial charge in [0, 0.05) is 28.8 Å². The van der Waals surface area contributed by atoms with Crippen molar-refractivity contribution in [3.63, 3.8) is 0 Å². The van der Waals surface area contributed by atoms with E-state index in [2.05, 4.69) is 25.4 Å². The standard InChI is InChI=1S/C23H21N9O6S2.3ClH/c24-18(33)11-1-3-31(4-2-11)6-12-8-39-21-16(20(35)32(21)17(12)22(36)37)29-19(34)15(14-9-40-23(25)28-14)30-38-7-13-5-26-10-27-13;;;/h1-5,9-10,16,21H,6-8H2,(H6-,24,25,26,27,28,29,33,34,36,37);3*1H/t16-,21+;;;/m1.../s1. The van der Waals surface area contributed by atoms with Crippen LogP contribution in [-0.4, -0.2) is 66.4 Å². The predicted octanol–water partition coefficient (Wildman–Crippen LogP) is -0.875. The number of aromatic nitrogens is 4. The number of carboxylic acid groups (broad SMARTS) is 1. The van der Waals surface area contributed by atoms with Crippen LogP contribution in [0.5, 0.6) is 0 Å². The summed E-state index contributed by atoms with van der Waals surface area (Å²) in [5.41, 5.74) is 12.0. The Hall–Kier alpha value is -3.90. The highest BCUT2D eigenvalue weighted by Crippen LogP contribution is 2.40. The van der Waals surface area contributed by atoms with Crippen molar-refractivity contribution in [1.82, 2.24) is 25.2 Å². The van der Waals surface area contributed by atoms with Gasteiger partial charge in [-0.05, 0) is 0 Å². The Morgan fingerprint density at radius 1 is 1.26 bits per heavy atom. The number of amides is 3. The summed E-state index contributed by atoms with van der Waals surface area (Å²) in [6, 6.07) is 1.99. The molecule has 15 nitrogen and oxygen atoms in total. The van der Waals surface area contributed by atoms with Crippen molar-refractivity contribution in [2.24, 2.45) is 10.9 Å². The quantitative estimate of drug-likeness (QED) is 0.0889. The van der Waals surface area contributed by atoms with Crippen molar-refractivity contribution in [3.8, 4) is 0 Å². The number of thiazole rings is 1. The van der Waals surface area contributed by atoms with Gasteiger partial charge in [0.2, 0.25) is 5.91 Å². The van der Waals surface area contributed by atoms with Crippen LogP contribution in [0.4, 0.5) is 5.13 Å². The molecule has 0 bridgehead atoms. The van der Waals surface area contributed by atoms with E-state index in [4.69, 9.17) is 16.3 Å². The third-order valence-electron chi connectivity index (χ3n) is 5.99. The molecule has 0 saturated carbocycles. The number of carbonyl (C=O) groups is 4. The molecule has 3 aromatic rings. The van der Waals surface area contributed by atoms with E-state index in [1.165, 1.54) is 41.8 Å². The van der Waals surface area contributed by atoms with Crippen LogP contribution in [0.3, 0.4) is 0 Å². The van der Waals surface area contributed by atoms with Crippen molar-refractivity contribution in [3.05, 3.63) is 70.7 Å². The van der Waals surface area contributed by atoms with E-state index >= 15 is 0 Å². The van der Waals surface area contributed by atoms with Crippen molar-refractivity contribution in [2.45, 2.75) is 24.6 Å². The second-order valence-corrected chi connectivity index (χ2v) is 10.6. The zero-order valence-electron chi connectivity index (χ0n) is 21.7. The summed E-state index contributed by atoms with van der Waals surface area (Å²) < 4.78 is 1.65. The van der Waals surface area contributed by atoms with E-state index in [1.807, 2.05) is 0 Å². The van der Waals surface area contributed by atoms with Gasteiger partial charge in [-0.25, -0.2) is 14.5 Å². The number of aliphatic carboxylic acids is 1. The number of oxime groups is 1. The molecule has 2 aliphatic heterocycles. The maximum atomic E-state index is 13.2. The van der Waals surface area contributed by atoms with E-state index in [0.717, 1.165) is 16.2 Å². The smallest absolute Gasteiger partial charge is 0.276 e. The van der Waals surface area contributed by atoms with Gasteiger partial charge in [0.25, 0.3) is 11.8 Å².